The van der Waals surface area contributed by atoms with Gasteiger partial charge in [-0.05, 0) is 37.6 Å². The van der Waals surface area contributed by atoms with Crippen LogP contribution in [-0.2, 0) is 16.0 Å². The van der Waals surface area contributed by atoms with Gasteiger partial charge >= 0.3 is 5.97 Å². The van der Waals surface area contributed by atoms with Crippen molar-refractivity contribution in [3.63, 3.8) is 0 Å². The van der Waals surface area contributed by atoms with E-state index in [2.05, 4.69) is 4.98 Å². The van der Waals surface area contributed by atoms with E-state index < -0.39 is 0 Å². The van der Waals surface area contributed by atoms with E-state index in [1.807, 2.05) is 43.3 Å². The molecule has 0 aliphatic heterocycles. The van der Waals surface area contributed by atoms with Crippen LogP contribution < -0.4 is 4.74 Å². The summed E-state index contributed by atoms with van der Waals surface area (Å²) in [7, 11) is 1.66. The third-order valence-electron chi connectivity index (χ3n) is 3.05. The van der Waals surface area contributed by atoms with Gasteiger partial charge < -0.3 is 14.5 Å². The topological polar surface area (TPSA) is 51.3 Å². The summed E-state index contributed by atoms with van der Waals surface area (Å²) in [5.41, 5.74) is 3.01. The summed E-state index contributed by atoms with van der Waals surface area (Å²) in [6.45, 7) is 2.24. The highest BCUT2D eigenvalue weighted by Gasteiger charge is 2.08. The standard InChI is InChI=1S/C16H19NO3/c1-3-20-16(18)11-9-12-8-10-14(17-12)13-6-4-5-7-15(13)19-2/h4-8,10,17H,3,9,11H2,1-2H3. The number of benzene rings is 1. The van der Waals surface area contributed by atoms with Crippen molar-refractivity contribution in [3.05, 3.63) is 42.1 Å². The number of aryl methyl sites for hydroxylation is 1. The second-order valence-corrected chi connectivity index (χ2v) is 4.40. The zero-order valence-corrected chi connectivity index (χ0v) is 11.8. The van der Waals surface area contributed by atoms with Crippen LogP contribution in [0.4, 0.5) is 0 Å². The maximum Gasteiger partial charge on any atom is 0.306 e. The minimum absolute atomic E-state index is 0.166. The SMILES string of the molecule is CCOC(=O)CCc1ccc(-c2ccccc2OC)[nH]1. The van der Waals surface area contributed by atoms with Gasteiger partial charge in [0.15, 0.2) is 0 Å². The van der Waals surface area contributed by atoms with Gasteiger partial charge in [0, 0.05) is 17.0 Å². The van der Waals surface area contributed by atoms with Crippen LogP contribution in [0.3, 0.4) is 0 Å². The zero-order valence-electron chi connectivity index (χ0n) is 11.8. The van der Waals surface area contributed by atoms with E-state index in [0.29, 0.717) is 19.4 Å². The molecular weight excluding hydrogens is 254 g/mol. The molecule has 0 bridgehead atoms. The summed E-state index contributed by atoms with van der Waals surface area (Å²) < 4.78 is 10.3. The van der Waals surface area contributed by atoms with Gasteiger partial charge in [-0.3, -0.25) is 4.79 Å². The van der Waals surface area contributed by atoms with Crippen molar-refractivity contribution >= 4 is 5.97 Å². The van der Waals surface area contributed by atoms with E-state index in [0.717, 1.165) is 22.7 Å². The molecule has 2 aromatic rings. The molecule has 0 unspecified atom stereocenters. The number of rotatable bonds is 6. The number of esters is 1. The Morgan fingerprint density at radius 1 is 1.20 bits per heavy atom. The Bertz CT molecular complexity index is 575. The molecule has 0 aliphatic rings. The smallest absolute Gasteiger partial charge is 0.306 e. The van der Waals surface area contributed by atoms with Crippen molar-refractivity contribution in [2.24, 2.45) is 0 Å². The van der Waals surface area contributed by atoms with Gasteiger partial charge in [-0.2, -0.15) is 0 Å². The first-order valence-corrected chi connectivity index (χ1v) is 6.71. The third-order valence-corrected chi connectivity index (χ3v) is 3.05. The van der Waals surface area contributed by atoms with Crippen LogP contribution in [0.15, 0.2) is 36.4 Å². The van der Waals surface area contributed by atoms with Gasteiger partial charge in [-0.1, -0.05) is 12.1 Å². The van der Waals surface area contributed by atoms with E-state index in [1.165, 1.54) is 0 Å². The van der Waals surface area contributed by atoms with E-state index in [9.17, 15) is 4.79 Å². The summed E-state index contributed by atoms with van der Waals surface area (Å²) in [6.07, 6.45) is 1.04. The van der Waals surface area contributed by atoms with Gasteiger partial charge in [0.05, 0.1) is 20.1 Å². The van der Waals surface area contributed by atoms with Gasteiger partial charge in [-0.25, -0.2) is 0 Å². The molecule has 0 saturated carbocycles. The second-order valence-electron chi connectivity index (χ2n) is 4.40. The van der Waals surface area contributed by atoms with Crippen LogP contribution in [0.25, 0.3) is 11.3 Å². The van der Waals surface area contributed by atoms with Gasteiger partial charge in [0.2, 0.25) is 0 Å². The highest BCUT2D eigenvalue weighted by Crippen LogP contribution is 2.28. The Balaban J connectivity index is 2.07. The first-order valence-electron chi connectivity index (χ1n) is 6.71. The fourth-order valence-corrected chi connectivity index (χ4v) is 2.08. The summed E-state index contributed by atoms with van der Waals surface area (Å²) in [5.74, 6) is 0.659. The van der Waals surface area contributed by atoms with Crippen molar-refractivity contribution in [3.8, 4) is 17.0 Å². The average Bonchev–Trinajstić information content (AvgIpc) is 2.94. The quantitative estimate of drug-likeness (QED) is 0.822. The molecule has 0 spiro atoms. The number of aromatic amines is 1. The lowest BCUT2D eigenvalue weighted by Crippen LogP contribution is -2.05. The zero-order chi connectivity index (χ0) is 14.4. The molecule has 0 saturated heterocycles. The predicted octanol–water partition coefficient (Wildman–Crippen LogP) is 3.19. The Morgan fingerprint density at radius 2 is 2.00 bits per heavy atom. The largest absolute Gasteiger partial charge is 0.496 e. The first kappa shape index (κ1) is 14.2. The molecule has 1 aromatic heterocycles. The van der Waals surface area contributed by atoms with E-state index >= 15 is 0 Å². The van der Waals surface area contributed by atoms with Crippen molar-refractivity contribution < 1.29 is 14.3 Å². The lowest BCUT2D eigenvalue weighted by Gasteiger charge is -2.06. The molecule has 4 nitrogen and oxygen atoms in total. The molecule has 2 rings (SSSR count). The maximum absolute atomic E-state index is 11.3. The predicted molar refractivity (Wildman–Crippen MR) is 77.7 cm³/mol. The number of hydrogen-bond donors (Lipinski definition) is 1. The van der Waals surface area contributed by atoms with Crippen LogP contribution in [0.2, 0.25) is 0 Å². The number of para-hydroxylation sites is 1. The van der Waals surface area contributed by atoms with Gasteiger partial charge in [0.1, 0.15) is 5.75 Å². The maximum atomic E-state index is 11.3. The number of nitrogens with one attached hydrogen (secondary N) is 1. The Kier molecular flexibility index (Phi) is 4.82. The fraction of sp³-hybridized carbons (Fsp3) is 0.312. The molecule has 0 aliphatic carbocycles. The average molecular weight is 273 g/mol. The molecule has 1 N–H and O–H groups in total. The van der Waals surface area contributed by atoms with Crippen molar-refractivity contribution in [2.45, 2.75) is 19.8 Å². The van der Waals surface area contributed by atoms with Crippen LogP contribution in [0, 0.1) is 0 Å². The monoisotopic (exact) mass is 273 g/mol. The lowest BCUT2D eigenvalue weighted by atomic mass is 10.1. The summed E-state index contributed by atoms with van der Waals surface area (Å²) in [4.78, 5) is 14.7. The fourth-order valence-electron chi connectivity index (χ4n) is 2.08. The minimum atomic E-state index is -0.166. The van der Waals surface area contributed by atoms with Crippen molar-refractivity contribution in [1.82, 2.24) is 4.98 Å². The van der Waals surface area contributed by atoms with E-state index in [1.54, 1.807) is 7.11 Å². The number of ether oxygens (including phenoxy) is 2. The van der Waals surface area contributed by atoms with Gasteiger partial charge in [0.25, 0.3) is 0 Å². The second kappa shape index (κ2) is 6.80. The number of carbonyl (C=O) groups is 1. The molecular formula is C16H19NO3. The number of H-pyrrole nitrogens is 1. The molecule has 0 radical (unpaired) electrons. The van der Waals surface area contributed by atoms with E-state index in [4.69, 9.17) is 9.47 Å². The van der Waals surface area contributed by atoms with Crippen molar-refractivity contribution in [2.75, 3.05) is 13.7 Å². The number of carbonyl (C=O) groups excluding carboxylic acids is 1. The minimum Gasteiger partial charge on any atom is -0.496 e. The highest BCUT2D eigenvalue weighted by atomic mass is 16.5. The summed E-state index contributed by atoms with van der Waals surface area (Å²) in [6, 6.07) is 11.8. The molecule has 1 aromatic carbocycles. The Morgan fingerprint density at radius 3 is 2.75 bits per heavy atom. The summed E-state index contributed by atoms with van der Waals surface area (Å²) >= 11 is 0. The highest BCUT2D eigenvalue weighted by molar-refractivity contribution is 5.70. The number of methoxy groups -OCH3 is 1. The molecule has 1 heterocycles. The van der Waals surface area contributed by atoms with Crippen molar-refractivity contribution in [1.29, 1.82) is 0 Å². The van der Waals surface area contributed by atoms with E-state index in [-0.39, 0.29) is 5.97 Å². The molecule has 0 fully saturated rings. The van der Waals surface area contributed by atoms with Crippen LogP contribution in [-0.4, -0.2) is 24.7 Å². The number of hydrogen-bond acceptors (Lipinski definition) is 3. The molecule has 20 heavy (non-hydrogen) atoms. The normalized spacial score (nSPS) is 10.3. The molecule has 4 heteroatoms. The lowest BCUT2D eigenvalue weighted by molar-refractivity contribution is -0.143. The first-order chi connectivity index (χ1) is 9.74. The Labute approximate surface area is 118 Å². The van der Waals surface area contributed by atoms with Crippen LogP contribution in [0.1, 0.15) is 19.0 Å². The Hall–Kier alpha value is -2.23. The molecule has 0 amide bonds. The van der Waals surface area contributed by atoms with Crippen LogP contribution in [0.5, 0.6) is 5.75 Å². The molecule has 106 valence electrons. The number of aromatic nitrogens is 1. The van der Waals surface area contributed by atoms with Gasteiger partial charge in [-0.15, -0.1) is 0 Å². The van der Waals surface area contributed by atoms with Crippen LogP contribution >= 0.6 is 0 Å². The summed E-state index contributed by atoms with van der Waals surface area (Å²) in [5, 5.41) is 0. The third kappa shape index (κ3) is 3.41. The molecule has 0 atom stereocenters.